The molecule has 2 heterocycles. The summed E-state index contributed by atoms with van der Waals surface area (Å²) in [6, 6.07) is -4.32. The number of carbonyl (C=O) groups is 6. The van der Waals surface area contributed by atoms with Gasteiger partial charge in [-0.15, -0.1) is 0 Å². The first kappa shape index (κ1) is 41.8. The van der Waals surface area contributed by atoms with E-state index in [-0.39, 0.29) is 42.9 Å². The quantitative estimate of drug-likeness (QED) is 0.111. The second-order valence-corrected chi connectivity index (χ2v) is 15.3. The van der Waals surface area contributed by atoms with E-state index in [2.05, 4.69) is 42.8 Å². The molecule has 54 heavy (non-hydrogen) atoms. The molecule has 2 aliphatic carbocycles. The van der Waals surface area contributed by atoms with Gasteiger partial charge in [0.2, 0.25) is 29.4 Å². The third-order valence-electron chi connectivity index (χ3n) is 9.90. The summed E-state index contributed by atoms with van der Waals surface area (Å²) in [4.78, 5) is 95.8. The average Bonchev–Trinajstić information content (AvgIpc) is 3.87. The smallest absolute Gasteiger partial charge is 0.289 e. The van der Waals surface area contributed by atoms with Crippen LogP contribution in [-0.2, 0) is 28.7 Å². The number of carbonyl (C=O) groups excluding carboxylic acids is 6. The molecule has 0 aromatic carbocycles. The zero-order chi connectivity index (χ0) is 39.4. The van der Waals surface area contributed by atoms with Gasteiger partial charge in [-0.3, -0.25) is 33.8 Å². The van der Waals surface area contributed by atoms with Crippen LogP contribution in [0.2, 0.25) is 0 Å². The van der Waals surface area contributed by atoms with E-state index in [1.165, 1.54) is 29.7 Å². The number of likely N-dealkylation sites (tertiary alicyclic amines) is 1. The summed E-state index contributed by atoms with van der Waals surface area (Å²) < 4.78 is 6.13. The molecule has 0 unspecified atom stereocenters. The predicted molar refractivity (Wildman–Crippen MR) is 202 cm³/mol. The van der Waals surface area contributed by atoms with E-state index in [1.54, 1.807) is 39.8 Å². The van der Waals surface area contributed by atoms with Gasteiger partial charge in [-0.1, -0.05) is 66.0 Å². The van der Waals surface area contributed by atoms with Crippen molar-refractivity contribution in [1.29, 1.82) is 0 Å². The molecule has 1 aromatic rings. The minimum Gasteiger partial charge on any atom is -0.472 e. The first-order valence-electron chi connectivity index (χ1n) is 19.1. The standard InChI is InChI=1S/C39H56N8O7/c1-7-13-27(32(48)37(52)43-25-17-18-25)44-35(50)29-21-26(54-30(14-8-2)41-9-3)23-47(29)38(53)33(39(4,5)6)46-36(51)31(24-15-11-10-12-16-24)45-34(49)28-22-40-19-20-42-28/h8-9,14,19-20,22,24-27,29,31,33H,3,7,10-13,15-18,21,23H2,1-2,4-6H3,(H,43,52)(H,44,50)(H,45,49)(H,46,51)/b14-8-,41-30?/t26-,27+,29+,31+,33-/m1/s1. The Kier molecular flexibility index (Phi) is 15.0. The topological polar surface area (TPSA) is 201 Å². The molecular weight excluding hydrogens is 692 g/mol. The first-order chi connectivity index (χ1) is 25.8. The summed E-state index contributed by atoms with van der Waals surface area (Å²) >= 11 is 0. The van der Waals surface area contributed by atoms with Crippen molar-refractivity contribution >= 4 is 41.2 Å². The van der Waals surface area contributed by atoms with Crippen LogP contribution in [0.15, 0.2) is 48.5 Å². The van der Waals surface area contributed by atoms with E-state index in [4.69, 9.17) is 4.74 Å². The molecule has 0 spiro atoms. The van der Waals surface area contributed by atoms with Gasteiger partial charge in [-0.05, 0) is 56.4 Å². The van der Waals surface area contributed by atoms with Gasteiger partial charge in [0.1, 0.15) is 29.9 Å². The largest absolute Gasteiger partial charge is 0.472 e. The SMILES string of the molecule is C=CN=C(/C=C\C)O[C@@H]1C[C@@H](C(=O)N[C@@H](CCC)C(=O)C(=O)NC2CC2)N(C(=O)[C@@H](NC(=O)[C@@H](NC(=O)c2cnccn2)C2CCCCC2)C(C)(C)C)C1. The number of ketones is 1. The molecule has 1 aromatic heterocycles. The highest BCUT2D eigenvalue weighted by atomic mass is 16.5. The lowest BCUT2D eigenvalue weighted by atomic mass is 9.82. The molecule has 1 aliphatic heterocycles. The number of hydrogen-bond acceptors (Lipinski definition) is 10. The van der Waals surface area contributed by atoms with Crippen molar-refractivity contribution in [1.82, 2.24) is 36.1 Å². The van der Waals surface area contributed by atoms with Crippen molar-refractivity contribution in [3.05, 3.63) is 49.2 Å². The van der Waals surface area contributed by atoms with Gasteiger partial charge >= 0.3 is 0 Å². The van der Waals surface area contributed by atoms with Crippen LogP contribution in [0.25, 0.3) is 0 Å². The fraction of sp³-hybridized carbons (Fsp3) is 0.615. The Hall–Kier alpha value is -4.95. The lowest BCUT2D eigenvalue weighted by molar-refractivity contribution is -0.145. The Bertz CT molecular complexity index is 1580. The number of allylic oxidation sites excluding steroid dienone is 1. The maximum Gasteiger partial charge on any atom is 0.289 e. The third kappa shape index (κ3) is 11.5. The summed E-state index contributed by atoms with van der Waals surface area (Å²) in [6.45, 7) is 12.7. The maximum atomic E-state index is 14.7. The fourth-order valence-electron chi connectivity index (χ4n) is 6.90. The Labute approximate surface area is 317 Å². The third-order valence-corrected chi connectivity index (χ3v) is 9.90. The summed E-state index contributed by atoms with van der Waals surface area (Å²) in [5, 5.41) is 11.3. The van der Waals surface area contributed by atoms with Gasteiger partial charge in [0.05, 0.1) is 18.8 Å². The lowest BCUT2D eigenvalue weighted by Gasteiger charge is -2.37. The van der Waals surface area contributed by atoms with Crippen molar-refractivity contribution in [2.45, 2.75) is 135 Å². The van der Waals surface area contributed by atoms with Crippen molar-refractivity contribution in [3.8, 4) is 0 Å². The van der Waals surface area contributed by atoms with Crippen LogP contribution in [0.5, 0.6) is 0 Å². The number of ether oxygens (including phenoxy) is 1. The number of aliphatic imine (C=N–C) groups is 1. The van der Waals surface area contributed by atoms with Gasteiger partial charge in [0, 0.05) is 31.1 Å². The van der Waals surface area contributed by atoms with Crippen molar-refractivity contribution < 1.29 is 33.5 Å². The number of amides is 5. The molecule has 4 rings (SSSR count). The molecule has 2 saturated carbocycles. The molecule has 15 heteroatoms. The summed E-state index contributed by atoms with van der Waals surface area (Å²) in [6.07, 6.45) is 14.8. The normalized spacial score (nSPS) is 21.1. The number of nitrogens with zero attached hydrogens (tertiary/aromatic N) is 4. The van der Waals surface area contributed by atoms with Crippen molar-refractivity contribution in [2.24, 2.45) is 16.3 Å². The molecule has 15 nitrogen and oxygen atoms in total. The molecular formula is C39H56N8O7. The highest BCUT2D eigenvalue weighted by Gasteiger charge is 2.47. The zero-order valence-electron chi connectivity index (χ0n) is 32.1. The molecule has 294 valence electrons. The molecule has 1 saturated heterocycles. The number of hydrogen-bond donors (Lipinski definition) is 4. The van der Waals surface area contributed by atoms with E-state index >= 15 is 0 Å². The Morgan fingerprint density at radius 3 is 2.35 bits per heavy atom. The fourth-order valence-corrected chi connectivity index (χ4v) is 6.90. The van der Waals surface area contributed by atoms with Crippen LogP contribution in [0.3, 0.4) is 0 Å². The van der Waals surface area contributed by atoms with Gasteiger partial charge in [0.25, 0.3) is 11.8 Å². The van der Waals surface area contributed by atoms with Crippen molar-refractivity contribution in [2.75, 3.05) is 6.54 Å². The molecule has 4 N–H and O–H groups in total. The van der Waals surface area contributed by atoms with Crippen LogP contribution in [0.1, 0.15) is 109 Å². The molecule has 3 fully saturated rings. The van der Waals surface area contributed by atoms with Gasteiger partial charge < -0.3 is 30.9 Å². The van der Waals surface area contributed by atoms with E-state index in [0.717, 1.165) is 44.9 Å². The second-order valence-electron chi connectivity index (χ2n) is 15.3. The monoisotopic (exact) mass is 748 g/mol. The van der Waals surface area contributed by atoms with Crippen LogP contribution in [0, 0.1) is 11.3 Å². The second kappa shape index (κ2) is 19.4. The highest BCUT2D eigenvalue weighted by Crippen LogP contribution is 2.30. The average molecular weight is 749 g/mol. The summed E-state index contributed by atoms with van der Waals surface area (Å²) in [7, 11) is 0. The van der Waals surface area contributed by atoms with Crippen LogP contribution < -0.4 is 21.3 Å². The van der Waals surface area contributed by atoms with Crippen LogP contribution in [-0.4, -0.2) is 98.9 Å². The lowest BCUT2D eigenvalue weighted by Crippen LogP contribution is -2.62. The van der Waals surface area contributed by atoms with E-state index < -0.39 is 71.0 Å². The molecule has 0 bridgehead atoms. The van der Waals surface area contributed by atoms with E-state index in [9.17, 15) is 28.8 Å². The Morgan fingerprint density at radius 1 is 1.04 bits per heavy atom. The molecule has 0 radical (unpaired) electrons. The molecule has 3 aliphatic rings. The Balaban J connectivity index is 1.62. The van der Waals surface area contributed by atoms with Crippen LogP contribution >= 0.6 is 0 Å². The van der Waals surface area contributed by atoms with Gasteiger partial charge in [-0.2, -0.15) is 0 Å². The van der Waals surface area contributed by atoms with Crippen LogP contribution in [0.4, 0.5) is 0 Å². The number of nitrogens with one attached hydrogen (secondary N) is 4. The van der Waals surface area contributed by atoms with Gasteiger partial charge in [-0.25, -0.2) is 9.98 Å². The molecule has 5 atom stereocenters. The summed E-state index contributed by atoms with van der Waals surface area (Å²) in [5.41, 5.74) is -0.783. The maximum absolute atomic E-state index is 14.7. The number of rotatable bonds is 16. The minimum absolute atomic E-state index is 0.0306. The highest BCUT2D eigenvalue weighted by molar-refractivity contribution is 6.38. The van der Waals surface area contributed by atoms with E-state index in [1.807, 2.05) is 6.92 Å². The van der Waals surface area contributed by atoms with E-state index in [0.29, 0.717) is 6.42 Å². The number of aromatic nitrogens is 2. The van der Waals surface area contributed by atoms with Crippen molar-refractivity contribution in [3.63, 3.8) is 0 Å². The number of Topliss-reactive ketones (excluding diaryl/α,β-unsaturated/α-hetero) is 1. The van der Waals surface area contributed by atoms with Gasteiger partial charge in [0.15, 0.2) is 0 Å². The minimum atomic E-state index is -1.13. The predicted octanol–water partition coefficient (Wildman–Crippen LogP) is 2.92. The molecule has 5 amide bonds. The Morgan fingerprint density at radius 2 is 1.76 bits per heavy atom. The summed E-state index contributed by atoms with van der Waals surface area (Å²) in [5.74, 6) is -3.66. The zero-order valence-corrected chi connectivity index (χ0v) is 32.1. The first-order valence-corrected chi connectivity index (χ1v) is 19.1.